The minimum absolute atomic E-state index is 0.0939. The van der Waals surface area contributed by atoms with Crippen LogP contribution in [0.1, 0.15) is 19.3 Å². The Bertz CT molecular complexity index is 804. The summed E-state index contributed by atoms with van der Waals surface area (Å²) in [5, 5.41) is 8.25. The molecule has 0 radical (unpaired) electrons. The first kappa shape index (κ1) is 17.9. The fraction of sp³-hybridized carbons (Fsp3) is 0.444. The minimum atomic E-state index is -0.249. The number of likely N-dealkylation sites (tertiary alicyclic amines) is 1. The number of hydrogen-bond acceptors (Lipinski definition) is 7. The number of aromatic nitrogens is 2. The highest BCUT2D eigenvalue weighted by Gasteiger charge is 2.34. The average molecular weight is 387 g/mol. The van der Waals surface area contributed by atoms with Crippen LogP contribution in [0.2, 0.25) is 0 Å². The number of cyclic esters (lactones) is 1. The van der Waals surface area contributed by atoms with Crippen molar-refractivity contribution in [2.24, 2.45) is 0 Å². The van der Waals surface area contributed by atoms with E-state index in [1.54, 1.807) is 12.4 Å². The molecule has 4 heterocycles. The van der Waals surface area contributed by atoms with E-state index >= 15 is 0 Å². The van der Waals surface area contributed by atoms with Crippen LogP contribution in [0, 0.1) is 0 Å². The predicted octanol–water partition coefficient (Wildman–Crippen LogP) is 2.11. The lowest BCUT2D eigenvalue weighted by atomic mass is 10.0. The van der Waals surface area contributed by atoms with Gasteiger partial charge in [-0.25, -0.2) is 9.78 Å². The fourth-order valence-corrected chi connectivity index (χ4v) is 4.18. The summed E-state index contributed by atoms with van der Waals surface area (Å²) in [6, 6.07) is 3.52. The Hall–Kier alpha value is -2.52. The molecular formula is C18H21N5O3S. The number of thiazole rings is 1. The molecular weight excluding hydrogens is 366 g/mol. The van der Waals surface area contributed by atoms with Crippen LogP contribution in [0.5, 0.6) is 0 Å². The summed E-state index contributed by atoms with van der Waals surface area (Å²) in [5.74, 6) is -0.118. The quantitative estimate of drug-likeness (QED) is 0.780. The molecule has 142 valence electrons. The zero-order valence-corrected chi connectivity index (χ0v) is 15.6. The molecule has 0 unspecified atom stereocenters. The van der Waals surface area contributed by atoms with Crippen LogP contribution >= 0.6 is 11.3 Å². The van der Waals surface area contributed by atoms with E-state index < -0.39 is 0 Å². The summed E-state index contributed by atoms with van der Waals surface area (Å²) < 4.78 is 5.04. The Morgan fingerprint density at radius 3 is 2.85 bits per heavy atom. The molecule has 9 heteroatoms. The standard InChI is InChI=1S/C18H21N5O3S/c24-16-15(5-9-26-16)23-7-3-13(4-8-23)20-17(25)22-18-21-14(11-27-18)12-2-1-6-19-10-12/h1-2,6,10-11,13,15H,3-5,7-9H2,(H2,20,21,22,25)/t15-/m1/s1. The predicted molar refractivity (Wildman–Crippen MR) is 101 cm³/mol. The lowest BCUT2D eigenvalue weighted by Gasteiger charge is -2.34. The number of amides is 2. The molecule has 4 rings (SSSR count). The number of pyridine rings is 1. The van der Waals surface area contributed by atoms with Crippen molar-refractivity contribution in [3.05, 3.63) is 29.9 Å². The number of ether oxygens (including phenoxy) is 1. The molecule has 8 nitrogen and oxygen atoms in total. The van der Waals surface area contributed by atoms with Gasteiger partial charge in [-0.2, -0.15) is 0 Å². The first-order valence-corrected chi connectivity index (χ1v) is 9.91. The molecule has 0 aliphatic carbocycles. The van der Waals surface area contributed by atoms with Gasteiger partial charge in [0.15, 0.2) is 5.13 Å². The highest BCUT2D eigenvalue weighted by molar-refractivity contribution is 7.14. The highest BCUT2D eigenvalue weighted by Crippen LogP contribution is 2.24. The second-order valence-corrected chi connectivity index (χ2v) is 7.52. The van der Waals surface area contributed by atoms with E-state index in [1.807, 2.05) is 17.5 Å². The Labute approximate surface area is 161 Å². The summed E-state index contributed by atoms with van der Waals surface area (Å²) in [5.41, 5.74) is 1.71. The second-order valence-electron chi connectivity index (χ2n) is 6.66. The van der Waals surface area contributed by atoms with Gasteiger partial charge in [-0.15, -0.1) is 11.3 Å². The molecule has 2 amide bonds. The second kappa shape index (κ2) is 8.01. The molecule has 27 heavy (non-hydrogen) atoms. The number of nitrogens with zero attached hydrogens (tertiary/aromatic N) is 3. The van der Waals surface area contributed by atoms with Crippen LogP contribution in [0.4, 0.5) is 9.93 Å². The van der Waals surface area contributed by atoms with Gasteiger partial charge in [0.1, 0.15) is 6.04 Å². The van der Waals surface area contributed by atoms with Crippen LogP contribution < -0.4 is 10.6 Å². The van der Waals surface area contributed by atoms with Gasteiger partial charge in [-0.3, -0.25) is 20.0 Å². The third-order valence-electron chi connectivity index (χ3n) is 4.90. The number of esters is 1. The molecule has 2 aromatic rings. The SMILES string of the molecule is O=C(Nc1nc(-c2cccnc2)cs1)NC1CCN([C@@H]2CCOC2=O)CC1. The number of carbonyl (C=O) groups is 2. The van der Waals surface area contributed by atoms with E-state index in [-0.39, 0.29) is 24.1 Å². The number of anilines is 1. The van der Waals surface area contributed by atoms with Gasteiger partial charge < -0.3 is 10.1 Å². The first-order valence-electron chi connectivity index (χ1n) is 9.03. The molecule has 2 aliphatic heterocycles. The Morgan fingerprint density at radius 1 is 1.30 bits per heavy atom. The number of nitrogens with one attached hydrogen (secondary N) is 2. The molecule has 2 aliphatic rings. The normalized spacial score (nSPS) is 21.0. The smallest absolute Gasteiger partial charge is 0.323 e. The maximum Gasteiger partial charge on any atom is 0.323 e. The molecule has 0 aromatic carbocycles. The third-order valence-corrected chi connectivity index (χ3v) is 5.65. The van der Waals surface area contributed by atoms with E-state index in [0.717, 1.165) is 43.6 Å². The molecule has 0 spiro atoms. The van der Waals surface area contributed by atoms with Crippen molar-refractivity contribution in [2.75, 3.05) is 25.0 Å². The summed E-state index contributed by atoms with van der Waals surface area (Å²) in [6.45, 7) is 2.08. The third kappa shape index (κ3) is 4.25. The van der Waals surface area contributed by atoms with Gasteiger partial charge in [-0.05, 0) is 25.0 Å². The molecule has 0 bridgehead atoms. The van der Waals surface area contributed by atoms with Gasteiger partial charge in [0, 0.05) is 48.9 Å². The van der Waals surface area contributed by atoms with Crippen LogP contribution in [-0.2, 0) is 9.53 Å². The maximum absolute atomic E-state index is 12.3. The molecule has 2 fully saturated rings. The van der Waals surface area contributed by atoms with Crippen LogP contribution in [0.3, 0.4) is 0 Å². The van der Waals surface area contributed by atoms with E-state index in [2.05, 4.69) is 25.5 Å². The van der Waals surface area contributed by atoms with E-state index in [9.17, 15) is 9.59 Å². The molecule has 2 saturated heterocycles. The Morgan fingerprint density at radius 2 is 2.15 bits per heavy atom. The van der Waals surface area contributed by atoms with Gasteiger partial charge in [-0.1, -0.05) is 0 Å². The number of rotatable bonds is 4. The molecule has 0 saturated carbocycles. The minimum Gasteiger partial charge on any atom is -0.464 e. The van der Waals surface area contributed by atoms with Gasteiger partial charge >= 0.3 is 12.0 Å². The Balaban J connectivity index is 1.26. The van der Waals surface area contributed by atoms with Crippen molar-refractivity contribution in [2.45, 2.75) is 31.3 Å². The fourth-order valence-electron chi connectivity index (χ4n) is 3.47. The summed E-state index contributed by atoms with van der Waals surface area (Å²) in [6.07, 6.45) is 5.85. The molecule has 2 aromatic heterocycles. The van der Waals surface area contributed by atoms with Crippen LogP contribution in [-0.4, -0.2) is 58.6 Å². The summed E-state index contributed by atoms with van der Waals surface area (Å²) >= 11 is 1.38. The van der Waals surface area contributed by atoms with Crippen molar-refractivity contribution in [3.8, 4) is 11.3 Å². The maximum atomic E-state index is 12.3. The van der Waals surface area contributed by atoms with E-state index in [1.165, 1.54) is 11.3 Å². The summed E-state index contributed by atoms with van der Waals surface area (Å²) in [4.78, 5) is 34.6. The topological polar surface area (TPSA) is 96.4 Å². The first-order chi connectivity index (χ1) is 13.2. The van der Waals surface area contributed by atoms with Crippen molar-refractivity contribution in [3.63, 3.8) is 0 Å². The van der Waals surface area contributed by atoms with Crippen molar-refractivity contribution >= 4 is 28.5 Å². The van der Waals surface area contributed by atoms with Crippen LogP contribution in [0.15, 0.2) is 29.9 Å². The molecule has 1 atom stereocenters. The number of urea groups is 1. The summed E-state index contributed by atoms with van der Waals surface area (Å²) in [7, 11) is 0. The van der Waals surface area contributed by atoms with Gasteiger partial charge in [0.05, 0.1) is 12.3 Å². The van der Waals surface area contributed by atoms with Gasteiger partial charge in [0.25, 0.3) is 0 Å². The van der Waals surface area contributed by atoms with Crippen molar-refractivity contribution in [1.82, 2.24) is 20.2 Å². The monoisotopic (exact) mass is 387 g/mol. The lowest BCUT2D eigenvalue weighted by molar-refractivity contribution is -0.142. The lowest BCUT2D eigenvalue weighted by Crippen LogP contribution is -2.49. The highest BCUT2D eigenvalue weighted by atomic mass is 32.1. The zero-order valence-electron chi connectivity index (χ0n) is 14.8. The number of hydrogen-bond donors (Lipinski definition) is 2. The van der Waals surface area contributed by atoms with Crippen molar-refractivity contribution in [1.29, 1.82) is 0 Å². The van der Waals surface area contributed by atoms with Crippen LogP contribution in [0.25, 0.3) is 11.3 Å². The molecule has 2 N–H and O–H groups in total. The number of carbonyl (C=O) groups excluding carboxylic acids is 2. The number of piperidine rings is 1. The van der Waals surface area contributed by atoms with Crippen molar-refractivity contribution < 1.29 is 14.3 Å². The van der Waals surface area contributed by atoms with E-state index in [0.29, 0.717) is 11.7 Å². The zero-order chi connectivity index (χ0) is 18.6. The van der Waals surface area contributed by atoms with Gasteiger partial charge in [0.2, 0.25) is 0 Å². The Kier molecular flexibility index (Phi) is 5.30. The van der Waals surface area contributed by atoms with E-state index in [4.69, 9.17) is 4.74 Å². The average Bonchev–Trinajstić information content (AvgIpc) is 3.32. The largest absolute Gasteiger partial charge is 0.464 e.